The van der Waals surface area contributed by atoms with Crippen LogP contribution in [0.3, 0.4) is 0 Å². The van der Waals surface area contributed by atoms with Gasteiger partial charge in [-0.15, -0.1) is 0 Å². The molecule has 0 saturated carbocycles. The minimum absolute atomic E-state index is 0.0481. The van der Waals surface area contributed by atoms with Crippen LogP contribution in [0.1, 0.15) is 30.3 Å². The van der Waals surface area contributed by atoms with E-state index in [1.807, 2.05) is 53.4 Å². The molecule has 3 aromatic carbocycles. The monoisotopic (exact) mass is 430 g/mol. The number of methoxy groups -OCH3 is 1. The molecule has 2 heterocycles. The molecule has 1 fully saturated rings. The van der Waals surface area contributed by atoms with Gasteiger partial charge >= 0.3 is 0 Å². The highest BCUT2D eigenvalue weighted by atomic mass is 19.1. The van der Waals surface area contributed by atoms with Gasteiger partial charge in [0.25, 0.3) is 0 Å². The number of nitrogens with zero attached hydrogens (tertiary/aromatic N) is 2. The van der Waals surface area contributed by atoms with Crippen molar-refractivity contribution in [2.75, 3.05) is 13.7 Å². The van der Waals surface area contributed by atoms with Crippen molar-refractivity contribution in [1.82, 2.24) is 9.88 Å². The molecule has 1 amide bonds. The standard InChI is InChI=1S/C26H23FN2O3/c1-31-19-11-8-17(9-12-19)15-25(30)29-14-4-7-23(29)26-28-22-16-18(10-13-24(22)32-26)20-5-2-3-6-21(20)27/h2-3,5-6,8-13,16,23H,4,7,14-15H2,1H3/t23-/m0/s1. The largest absolute Gasteiger partial charge is 0.497 e. The van der Waals surface area contributed by atoms with Gasteiger partial charge in [0.15, 0.2) is 5.58 Å². The first-order chi connectivity index (χ1) is 15.6. The first kappa shape index (κ1) is 20.2. The van der Waals surface area contributed by atoms with E-state index in [-0.39, 0.29) is 17.8 Å². The third-order valence-electron chi connectivity index (χ3n) is 5.96. The molecule has 0 bridgehead atoms. The smallest absolute Gasteiger partial charge is 0.227 e. The van der Waals surface area contributed by atoms with E-state index in [1.165, 1.54) is 6.07 Å². The number of rotatable bonds is 5. The fraction of sp³-hybridized carbons (Fsp3) is 0.231. The Morgan fingerprint density at radius 2 is 1.97 bits per heavy atom. The average Bonchev–Trinajstić information content (AvgIpc) is 3.46. The molecule has 0 unspecified atom stereocenters. The van der Waals surface area contributed by atoms with E-state index >= 15 is 0 Å². The maximum absolute atomic E-state index is 14.2. The molecular formula is C26H23FN2O3. The van der Waals surface area contributed by atoms with Gasteiger partial charge in [-0.25, -0.2) is 9.37 Å². The van der Waals surface area contributed by atoms with Crippen LogP contribution in [0.2, 0.25) is 0 Å². The van der Waals surface area contributed by atoms with Gasteiger partial charge < -0.3 is 14.1 Å². The molecule has 32 heavy (non-hydrogen) atoms. The molecule has 0 spiro atoms. The van der Waals surface area contributed by atoms with E-state index in [0.717, 1.165) is 29.7 Å². The Bertz CT molecular complexity index is 1270. The van der Waals surface area contributed by atoms with Gasteiger partial charge in [0.2, 0.25) is 11.8 Å². The van der Waals surface area contributed by atoms with Crippen LogP contribution in [-0.2, 0) is 11.2 Å². The minimum Gasteiger partial charge on any atom is -0.497 e. The molecule has 1 saturated heterocycles. The number of amides is 1. The van der Waals surface area contributed by atoms with Gasteiger partial charge in [-0.05, 0) is 54.3 Å². The molecule has 6 heteroatoms. The summed E-state index contributed by atoms with van der Waals surface area (Å²) in [4.78, 5) is 19.6. The molecular weight excluding hydrogens is 407 g/mol. The second-order valence-electron chi connectivity index (χ2n) is 7.98. The summed E-state index contributed by atoms with van der Waals surface area (Å²) in [6.45, 7) is 0.679. The second-order valence-corrected chi connectivity index (χ2v) is 7.98. The summed E-state index contributed by atoms with van der Waals surface area (Å²) >= 11 is 0. The zero-order valence-electron chi connectivity index (χ0n) is 17.8. The number of likely N-dealkylation sites (tertiary alicyclic amines) is 1. The number of carbonyl (C=O) groups is 1. The normalized spacial score (nSPS) is 15.9. The molecule has 4 aromatic rings. The Balaban J connectivity index is 1.38. The van der Waals surface area contributed by atoms with Gasteiger partial charge in [0.05, 0.1) is 13.5 Å². The third-order valence-corrected chi connectivity index (χ3v) is 5.96. The summed E-state index contributed by atoms with van der Waals surface area (Å²) < 4.78 is 25.4. The number of aromatic nitrogens is 1. The first-order valence-electron chi connectivity index (χ1n) is 10.7. The summed E-state index contributed by atoms with van der Waals surface area (Å²) in [6.07, 6.45) is 2.03. The van der Waals surface area contributed by atoms with Crippen LogP contribution in [-0.4, -0.2) is 29.4 Å². The lowest BCUT2D eigenvalue weighted by Gasteiger charge is -2.22. The number of hydrogen-bond donors (Lipinski definition) is 0. The van der Waals surface area contributed by atoms with Gasteiger partial charge in [-0.3, -0.25) is 4.79 Å². The van der Waals surface area contributed by atoms with Crippen LogP contribution in [0.5, 0.6) is 5.75 Å². The highest BCUT2D eigenvalue weighted by Gasteiger charge is 2.33. The number of carbonyl (C=O) groups excluding carboxylic acids is 1. The predicted octanol–water partition coefficient (Wildman–Crippen LogP) is 5.55. The van der Waals surface area contributed by atoms with E-state index in [0.29, 0.717) is 35.5 Å². The number of benzene rings is 3. The minimum atomic E-state index is -0.276. The number of fused-ring (bicyclic) bond motifs is 1. The fourth-order valence-corrected chi connectivity index (χ4v) is 4.29. The molecule has 1 aromatic heterocycles. The molecule has 0 aliphatic carbocycles. The van der Waals surface area contributed by atoms with Crippen LogP contribution >= 0.6 is 0 Å². The quantitative estimate of drug-likeness (QED) is 0.417. The molecule has 1 atom stereocenters. The predicted molar refractivity (Wildman–Crippen MR) is 120 cm³/mol. The van der Waals surface area contributed by atoms with Crippen molar-refractivity contribution >= 4 is 17.0 Å². The van der Waals surface area contributed by atoms with Crippen molar-refractivity contribution in [3.8, 4) is 16.9 Å². The number of oxazole rings is 1. The molecule has 0 radical (unpaired) electrons. The van der Waals surface area contributed by atoms with Crippen molar-refractivity contribution in [3.63, 3.8) is 0 Å². The summed E-state index contributed by atoms with van der Waals surface area (Å²) in [7, 11) is 1.62. The van der Waals surface area contributed by atoms with E-state index < -0.39 is 0 Å². The van der Waals surface area contributed by atoms with Crippen LogP contribution < -0.4 is 4.74 Å². The highest BCUT2D eigenvalue weighted by molar-refractivity contribution is 5.81. The summed E-state index contributed by atoms with van der Waals surface area (Å²) in [5.41, 5.74) is 3.50. The molecule has 5 nitrogen and oxygen atoms in total. The van der Waals surface area contributed by atoms with Gasteiger partial charge in [0.1, 0.15) is 23.1 Å². The molecule has 162 valence electrons. The van der Waals surface area contributed by atoms with Crippen LogP contribution in [0, 0.1) is 5.82 Å². The highest BCUT2D eigenvalue weighted by Crippen LogP contribution is 2.35. The Morgan fingerprint density at radius 3 is 2.75 bits per heavy atom. The number of ether oxygens (including phenoxy) is 1. The lowest BCUT2D eigenvalue weighted by molar-refractivity contribution is -0.131. The maximum atomic E-state index is 14.2. The first-order valence-corrected chi connectivity index (χ1v) is 10.7. The average molecular weight is 430 g/mol. The summed E-state index contributed by atoms with van der Waals surface area (Å²) in [5.74, 6) is 1.07. The Morgan fingerprint density at radius 1 is 1.16 bits per heavy atom. The van der Waals surface area contributed by atoms with E-state index in [2.05, 4.69) is 4.98 Å². The zero-order valence-corrected chi connectivity index (χ0v) is 17.8. The van der Waals surface area contributed by atoms with Gasteiger partial charge in [-0.1, -0.05) is 36.4 Å². The van der Waals surface area contributed by atoms with Crippen molar-refractivity contribution in [1.29, 1.82) is 0 Å². The lowest BCUT2D eigenvalue weighted by Crippen LogP contribution is -2.32. The number of hydrogen-bond acceptors (Lipinski definition) is 4. The van der Waals surface area contributed by atoms with Crippen molar-refractivity contribution in [2.45, 2.75) is 25.3 Å². The molecule has 0 N–H and O–H groups in total. The van der Waals surface area contributed by atoms with E-state index in [9.17, 15) is 9.18 Å². The van der Waals surface area contributed by atoms with Crippen molar-refractivity contribution in [3.05, 3.63) is 84.0 Å². The zero-order chi connectivity index (χ0) is 22.1. The lowest BCUT2D eigenvalue weighted by atomic mass is 10.0. The molecule has 1 aliphatic rings. The van der Waals surface area contributed by atoms with Gasteiger partial charge in [-0.2, -0.15) is 0 Å². The molecule has 1 aliphatic heterocycles. The Hall–Kier alpha value is -3.67. The van der Waals surface area contributed by atoms with Crippen LogP contribution in [0.15, 0.2) is 71.1 Å². The Kier molecular flexibility index (Phi) is 5.35. The third kappa shape index (κ3) is 3.84. The van der Waals surface area contributed by atoms with E-state index in [4.69, 9.17) is 9.15 Å². The van der Waals surface area contributed by atoms with Crippen LogP contribution in [0.25, 0.3) is 22.2 Å². The molecule has 5 rings (SSSR count). The topological polar surface area (TPSA) is 55.6 Å². The SMILES string of the molecule is COc1ccc(CC(=O)N2CCC[C@H]2c2nc3cc(-c4ccccc4F)ccc3o2)cc1. The number of halogens is 1. The Labute approximate surface area is 185 Å². The maximum Gasteiger partial charge on any atom is 0.227 e. The van der Waals surface area contributed by atoms with Crippen LogP contribution in [0.4, 0.5) is 4.39 Å². The summed E-state index contributed by atoms with van der Waals surface area (Å²) in [6, 6.07) is 19.5. The summed E-state index contributed by atoms with van der Waals surface area (Å²) in [5, 5.41) is 0. The van der Waals surface area contributed by atoms with Gasteiger partial charge in [0, 0.05) is 12.1 Å². The van der Waals surface area contributed by atoms with Crippen molar-refractivity contribution < 1.29 is 18.3 Å². The second kappa shape index (κ2) is 8.46. The van der Waals surface area contributed by atoms with E-state index in [1.54, 1.807) is 19.2 Å². The van der Waals surface area contributed by atoms with Crippen molar-refractivity contribution in [2.24, 2.45) is 0 Å². The fourth-order valence-electron chi connectivity index (χ4n) is 4.29.